The number of hydrogen-bond donors (Lipinski definition) is 1. The summed E-state index contributed by atoms with van der Waals surface area (Å²) < 4.78 is 16.3. The lowest BCUT2D eigenvalue weighted by Gasteiger charge is -2.36. The fraction of sp³-hybridized carbons (Fsp3) is 0.763. The molecule has 3 rings (SSSR count). The van der Waals surface area contributed by atoms with E-state index in [0.29, 0.717) is 17.6 Å². The molecule has 0 aromatic heterocycles. The van der Waals surface area contributed by atoms with E-state index in [4.69, 9.17) is 19.3 Å². The summed E-state index contributed by atoms with van der Waals surface area (Å²) in [6.07, 6.45) is 10.8. The molecule has 0 amide bonds. The second-order valence-corrected chi connectivity index (χ2v) is 14.7. The minimum absolute atomic E-state index is 0.0226. The number of methoxy groups -OCH3 is 1. The number of carbonyl (C=O) groups excluding carboxylic acids is 3. The topological polar surface area (TPSA) is 99.1 Å². The summed E-state index contributed by atoms with van der Waals surface area (Å²) >= 11 is 0. The van der Waals surface area contributed by atoms with E-state index in [1.165, 1.54) is 25.5 Å². The van der Waals surface area contributed by atoms with Crippen molar-refractivity contribution in [2.45, 2.75) is 163 Å². The molecule has 7 heteroatoms. The zero-order chi connectivity index (χ0) is 34.5. The molecule has 2 fully saturated rings. The maximum absolute atomic E-state index is 12.2. The molecule has 0 saturated heterocycles. The van der Waals surface area contributed by atoms with Gasteiger partial charge in [-0.3, -0.25) is 14.4 Å². The van der Waals surface area contributed by atoms with E-state index in [0.717, 1.165) is 57.8 Å². The van der Waals surface area contributed by atoms with Crippen LogP contribution in [0.3, 0.4) is 0 Å². The van der Waals surface area contributed by atoms with E-state index in [1.807, 2.05) is 53.7 Å². The average molecular weight is 633 g/mol. The molecule has 0 aliphatic heterocycles. The third kappa shape index (κ3) is 12.3. The first-order valence-corrected chi connectivity index (χ1v) is 17.3. The molecule has 1 aromatic carbocycles. The van der Waals surface area contributed by atoms with Crippen LogP contribution in [0.4, 0.5) is 0 Å². The monoisotopic (exact) mass is 632 g/mol. The van der Waals surface area contributed by atoms with Gasteiger partial charge >= 0.3 is 17.9 Å². The molecule has 0 heterocycles. The summed E-state index contributed by atoms with van der Waals surface area (Å²) in [5, 5.41) is 9.01. The lowest BCUT2D eigenvalue weighted by Crippen LogP contribution is -2.41. The molecule has 0 radical (unpaired) electrons. The van der Waals surface area contributed by atoms with E-state index >= 15 is 0 Å². The molecule has 1 atom stereocenters. The molecule has 258 valence electrons. The molecule has 2 aliphatic carbocycles. The Bertz CT molecular complexity index is 1040. The van der Waals surface area contributed by atoms with Crippen molar-refractivity contribution in [3.8, 4) is 5.75 Å². The van der Waals surface area contributed by atoms with Gasteiger partial charge in [-0.05, 0) is 128 Å². The minimum atomic E-state index is -0.628. The first-order chi connectivity index (χ1) is 20.9. The van der Waals surface area contributed by atoms with Crippen molar-refractivity contribution in [2.75, 3.05) is 7.11 Å². The Morgan fingerprint density at radius 3 is 1.62 bits per heavy atom. The first-order valence-electron chi connectivity index (χ1n) is 17.3. The predicted octanol–water partition coefficient (Wildman–Crippen LogP) is 9.68. The number of carbonyl (C=O) groups is 3. The highest BCUT2D eigenvalue weighted by atomic mass is 16.6. The van der Waals surface area contributed by atoms with Crippen LogP contribution in [-0.2, 0) is 28.6 Å². The number of hydrogen-bond acceptors (Lipinski definition) is 7. The van der Waals surface area contributed by atoms with E-state index in [2.05, 4.69) is 27.7 Å². The van der Waals surface area contributed by atoms with E-state index in [9.17, 15) is 14.4 Å². The summed E-state index contributed by atoms with van der Waals surface area (Å²) in [6.45, 7) is 20.4. The van der Waals surface area contributed by atoms with Gasteiger partial charge in [0.25, 0.3) is 0 Å². The number of ether oxygens (including phenoxy) is 3. The Morgan fingerprint density at radius 2 is 1.22 bits per heavy atom. The van der Waals surface area contributed by atoms with Crippen molar-refractivity contribution >= 4 is 17.9 Å². The van der Waals surface area contributed by atoms with Gasteiger partial charge in [0.1, 0.15) is 17.0 Å². The average Bonchev–Trinajstić information content (AvgIpc) is 3.68. The molecular weight excluding hydrogens is 568 g/mol. The van der Waals surface area contributed by atoms with Crippen LogP contribution in [-0.4, -0.2) is 41.3 Å². The van der Waals surface area contributed by atoms with Crippen molar-refractivity contribution in [3.05, 3.63) is 29.8 Å². The third-order valence-corrected chi connectivity index (χ3v) is 10.3. The zero-order valence-corrected chi connectivity index (χ0v) is 30.3. The Morgan fingerprint density at radius 1 is 0.778 bits per heavy atom. The number of benzene rings is 1. The van der Waals surface area contributed by atoms with Gasteiger partial charge in [0.05, 0.1) is 24.4 Å². The lowest BCUT2D eigenvalue weighted by atomic mass is 9.86. The molecule has 7 nitrogen and oxygen atoms in total. The number of aromatic hydroxyl groups is 1. The number of esters is 3. The summed E-state index contributed by atoms with van der Waals surface area (Å²) in [7, 11) is 1.36. The van der Waals surface area contributed by atoms with Gasteiger partial charge in [-0.25, -0.2) is 0 Å². The fourth-order valence-corrected chi connectivity index (χ4v) is 5.42. The van der Waals surface area contributed by atoms with Gasteiger partial charge in [0.2, 0.25) is 0 Å². The van der Waals surface area contributed by atoms with Gasteiger partial charge in [0.15, 0.2) is 0 Å². The van der Waals surface area contributed by atoms with Gasteiger partial charge in [-0.15, -0.1) is 0 Å². The summed E-state index contributed by atoms with van der Waals surface area (Å²) in [5.41, 5.74) is -0.346. The number of rotatable bonds is 11. The highest BCUT2D eigenvalue weighted by Gasteiger charge is 2.44. The van der Waals surface area contributed by atoms with E-state index in [1.54, 1.807) is 12.1 Å². The van der Waals surface area contributed by atoms with Crippen LogP contribution in [0, 0.1) is 16.7 Å². The van der Waals surface area contributed by atoms with Gasteiger partial charge in [-0.1, -0.05) is 53.7 Å². The molecule has 0 spiro atoms. The number of phenols is 1. The van der Waals surface area contributed by atoms with Crippen LogP contribution in [0.1, 0.15) is 158 Å². The van der Waals surface area contributed by atoms with Crippen molar-refractivity contribution in [3.63, 3.8) is 0 Å². The quantitative estimate of drug-likeness (QED) is 0.191. The zero-order valence-electron chi connectivity index (χ0n) is 30.3. The summed E-state index contributed by atoms with van der Waals surface area (Å²) in [4.78, 5) is 35.8. The van der Waals surface area contributed by atoms with Gasteiger partial charge in [0, 0.05) is 0 Å². The third-order valence-electron chi connectivity index (χ3n) is 10.3. The van der Waals surface area contributed by atoms with Crippen molar-refractivity contribution < 1.29 is 33.7 Å². The standard InChI is InChI=1S/C14H24O4.C14H26O2.C10H14O/c1-5-13(2,3)12(16)18-14(8-6-7-9-14)10-11(15)17-4;1-6-13(4,5)12(15)16-14(11(2)3)9-7-8-10-14;1-3-8(2)9-4-6-10(11)7-5-9/h5-10H2,1-4H3;11H,6-10H2,1-5H3;4-8,11H,3H2,1-2H3. The van der Waals surface area contributed by atoms with E-state index in [-0.39, 0.29) is 35.3 Å². The smallest absolute Gasteiger partial charge is 0.312 e. The largest absolute Gasteiger partial charge is 0.508 e. The Kier molecular flexibility index (Phi) is 16.1. The lowest BCUT2D eigenvalue weighted by molar-refractivity contribution is -0.176. The molecule has 1 aromatic rings. The van der Waals surface area contributed by atoms with Crippen LogP contribution < -0.4 is 0 Å². The van der Waals surface area contributed by atoms with Crippen LogP contribution in [0.5, 0.6) is 5.75 Å². The molecule has 2 saturated carbocycles. The second kappa shape index (κ2) is 17.9. The van der Waals surface area contributed by atoms with Crippen LogP contribution in [0.25, 0.3) is 0 Å². The molecule has 1 unspecified atom stereocenters. The molecule has 45 heavy (non-hydrogen) atoms. The van der Waals surface area contributed by atoms with Gasteiger partial charge in [-0.2, -0.15) is 0 Å². The Hall–Kier alpha value is -2.57. The summed E-state index contributed by atoms with van der Waals surface area (Å²) in [5.74, 6) is 0.819. The van der Waals surface area contributed by atoms with Crippen molar-refractivity contribution in [1.82, 2.24) is 0 Å². The van der Waals surface area contributed by atoms with Crippen LogP contribution in [0.15, 0.2) is 24.3 Å². The van der Waals surface area contributed by atoms with Gasteiger partial charge < -0.3 is 19.3 Å². The molecule has 1 N–H and O–H groups in total. The Balaban J connectivity index is 0.000000347. The normalized spacial score (nSPS) is 17.7. The molecule has 0 bridgehead atoms. The maximum Gasteiger partial charge on any atom is 0.312 e. The molecular formula is C38H64O7. The van der Waals surface area contributed by atoms with Crippen molar-refractivity contribution in [1.29, 1.82) is 0 Å². The minimum Gasteiger partial charge on any atom is -0.508 e. The Labute approximate surface area is 274 Å². The van der Waals surface area contributed by atoms with Crippen LogP contribution in [0.2, 0.25) is 0 Å². The fourth-order valence-electron chi connectivity index (χ4n) is 5.42. The SMILES string of the molecule is CCC(C)(C)C(=O)OC1(C(C)C)CCCC1.CCC(C)(C)C(=O)OC1(CC(=O)OC)CCCC1.CCC(C)c1ccc(O)cc1. The van der Waals surface area contributed by atoms with E-state index < -0.39 is 11.0 Å². The van der Waals surface area contributed by atoms with Crippen molar-refractivity contribution in [2.24, 2.45) is 16.7 Å². The molecule has 2 aliphatic rings. The predicted molar refractivity (Wildman–Crippen MR) is 181 cm³/mol. The second-order valence-electron chi connectivity index (χ2n) is 14.7. The van der Waals surface area contributed by atoms with Crippen LogP contribution >= 0.6 is 0 Å². The summed E-state index contributed by atoms with van der Waals surface area (Å²) in [6, 6.07) is 7.43. The highest BCUT2D eigenvalue weighted by molar-refractivity contribution is 5.77. The number of phenolic OH excluding ortho intramolecular Hbond substituents is 1. The first kappa shape index (κ1) is 40.5. The maximum atomic E-state index is 12.2. The highest BCUT2D eigenvalue weighted by Crippen LogP contribution is 2.41.